The highest BCUT2D eigenvalue weighted by Gasteiger charge is 2.28. The molecule has 2 atom stereocenters. The maximum absolute atomic E-state index is 12.8. The Balaban J connectivity index is 3.03. The summed E-state index contributed by atoms with van der Waals surface area (Å²) >= 11 is 0. The van der Waals surface area contributed by atoms with E-state index in [-0.39, 0.29) is 24.5 Å². The van der Waals surface area contributed by atoms with Crippen LogP contribution in [0.2, 0.25) is 0 Å². The number of methoxy groups -OCH3 is 2. The first-order chi connectivity index (χ1) is 17.2. The molecule has 0 unspecified atom stereocenters. The minimum Gasteiger partial charge on any atom is -0.493 e. The highest BCUT2D eigenvalue weighted by Crippen LogP contribution is 2.31. The standard InChI is InChI=1S/C29H49NO7/c1-20(2)22(16-21-12-13-24(34-10)25(17-21)35-15-11-14-33-9)18-23(30-26(31)28(3,4)5)19-36-27(32)37-29(6,7)8/h12-13,17,20,22-23H,11,14-16,18-19H2,1-10H3,(H,30,31)/t22-,23-/m0/s1. The Morgan fingerprint density at radius 1 is 0.973 bits per heavy atom. The fourth-order valence-corrected chi connectivity index (χ4v) is 3.62. The van der Waals surface area contributed by atoms with E-state index in [2.05, 4.69) is 19.2 Å². The summed E-state index contributed by atoms with van der Waals surface area (Å²) in [6.07, 6.45) is 1.45. The Kier molecular flexibility index (Phi) is 13.2. The Bertz CT molecular complexity index is 840. The van der Waals surface area contributed by atoms with Gasteiger partial charge in [-0.15, -0.1) is 0 Å². The quantitative estimate of drug-likeness (QED) is 0.243. The number of carbonyl (C=O) groups excluding carboxylic acids is 2. The van der Waals surface area contributed by atoms with Crippen molar-refractivity contribution in [1.29, 1.82) is 0 Å². The lowest BCUT2D eigenvalue weighted by Gasteiger charge is -2.30. The lowest BCUT2D eigenvalue weighted by atomic mass is 9.84. The second-order valence-electron chi connectivity index (χ2n) is 11.8. The molecule has 1 aromatic rings. The maximum atomic E-state index is 12.8. The Hall–Kier alpha value is -2.48. The summed E-state index contributed by atoms with van der Waals surface area (Å²) in [6.45, 7) is 16.5. The van der Waals surface area contributed by atoms with Crippen LogP contribution in [0.5, 0.6) is 11.5 Å². The molecule has 212 valence electrons. The smallest absolute Gasteiger partial charge is 0.493 e. The van der Waals surface area contributed by atoms with Gasteiger partial charge < -0.3 is 29.0 Å². The lowest BCUT2D eigenvalue weighted by Crippen LogP contribution is -2.45. The summed E-state index contributed by atoms with van der Waals surface area (Å²) in [5.41, 5.74) is -0.114. The summed E-state index contributed by atoms with van der Waals surface area (Å²) in [5, 5.41) is 3.09. The van der Waals surface area contributed by atoms with E-state index >= 15 is 0 Å². The van der Waals surface area contributed by atoms with Crippen molar-refractivity contribution in [3.63, 3.8) is 0 Å². The number of ether oxygens (including phenoxy) is 5. The molecule has 0 heterocycles. The summed E-state index contributed by atoms with van der Waals surface area (Å²) in [5.74, 6) is 1.82. The zero-order valence-electron chi connectivity index (χ0n) is 24.6. The number of hydrogen-bond acceptors (Lipinski definition) is 7. The molecule has 0 aliphatic heterocycles. The topological polar surface area (TPSA) is 92.3 Å². The van der Waals surface area contributed by atoms with Gasteiger partial charge >= 0.3 is 6.16 Å². The largest absolute Gasteiger partial charge is 0.508 e. The normalized spacial score (nSPS) is 13.6. The summed E-state index contributed by atoms with van der Waals surface area (Å²) < 4.78 is 27.2. The van der Waals surface area contributed by atoms with Crippen LogP contribution < -0.4 is 14.8 Å². The van der Waals surface area contributed by atoms with E-state index in [1.165, 1.54) is 0 Å². The number of amides is 1. The second kappa shape index (κ2) is 15.1. The van der Waals surface area contributed by atoms with Crippen molar-refractivity contribution in [3.8, 4) is 11.5 Å². The average Bonchev–Trinajstić information content (AvgIpc) is 2.78. The minimum atomic E-state index is -0.742. The van der Waals surface area contributed by atoms with Crippen molar-refractivity contribution >= 4 is 12.1 Å². The van der Waals surface area contributed by atoms with Gasteiger partial charge in [0.05, 0.1) is 19.8 Å². The molecule has 0 saturated carbocycles. The number of nitrogens with one attached hydrogen (secondary N) is 1. The zero-order chi connectivity index (χ0) is 28.2. The molecular weight excluding hydrogens is 474 g/mol. The van der Waals surface area contributed by atoms with Crippen LogP contribution in [0, 0.1) is 17.3 Å². The summed E-state index contributed by atoms with van der Waals surface area (Å²) in [7, 11) is 3.30. The van der Waals surface area contributed by atoms with Gasteiger partial charge in [-0.2, -0.15) is 0 Å². The summed E-state index contributed by atoms with van der Waals surface area (Å²) in [4.78, 5) is 25.0. The van der Waals surface area contributed by atoms with E-state index in [0.717, 1.165) is 18.4 Å². The lowest BCUT2D eigenvalue weighted by molar-refractivity contribution is -0.130. The Labute approximate surface area is 223 Å². The monoisotopic (exact) mass is 523 g/mol. The first-order valence-electron chi connectivity index (χ1n) is 13.1. The van der Waals surface area contributed by atoms with Crippen LogP contribution in [-0.2, 0) is 25.4 Å². The molecule has 0 bridgehead atoms. The molecule has 1 N–H and O–H groups in total. The van der Waals surface area contributed by atoms with E-state index in [9.17, 15) is 9.59 Å². The van der Waals surface area contributed by atoms with Crippen molar-refractivity contribution in [3.05, 3.63) is 23.8 Å². The number of carbonyl (C=O) groups is 2. The van der Waals surface area contributed by atoms with Crippen molar-refractivity contribution in [2.75, 3.05) is 34.0 Å². The van der Waals surface area contributed by atoms with Crippen molar-refractivity contribution in [1.82, 2.24) is 5.32 Å². The molecule has 1 amide bonds. The molecular formula is C29H49NO7. The zero-order valence-corrected chi connectivity index (χ0v) is 24.6. The van der Waals surface area contributed by atoms with Crippen LogP contribution in [0.25, 0.3) is 0 Å². The first kappa shape index (κ1) is 32.5. The van der Waals surface area contributed by atoms with Gasteiger partial charge in [0, 0.05) is 25.6 Å². The summed E-state index contributed by atoms with van der Waals surface area (Å²) in [6, 6.07) is 5.62. The molecule has 1 aromatic carbocycles. The molecule has 0 saturated heterocycles. The first-order valence-corrected chi connectivity index (χ1v) is 13.1. The van der Waals surface area contributed by atoms with E-state index in [4.69, 9.17) is 23.7 Å². The van der Waals surface area contributed by atoms with Crippen molar-refractivity contribution < 1.29 is 33.3 Å². The molecule has 1 rings (SSSR count). The van der Waals surface area contributed by atoms with Gasteiger partial charge in [-0.05, 0) is 63.1 Å². The number of hydrogen-bond donors (Lipinski definition) is 1. The third-order valence-corrected chi connectivity index (χ3v) is 5.81. The van der Waals surface area contributed by atoms with Gasteiger partial charge in [0.1, 0.15) is 12.2 Å². The van der Waals surface area contributed by atoms with Gasteiger partial charge in [0.2, 0.25) is 5.91 Å². The second-order valence-corrected chi connectivity index (χ2v) is 11.8. The van der Waals surface area contributed by atoms with Crippen LogP contribution in [0.15, 0.2) is 18.2 Å². The van der Waals surface area contributed by atoms with Crippen LogP contribution in [-0.4, -0.2) is 57.7 Å². The van der Waals surface area contributed by atoms with Gasteiger partial charge in [-0.25, -0.2) is 4.79 Å². The van der Waals surface area contributed by atoms with Crippen LogP contribution in [0.3, 0.4) is 0 Å². The van der Waals surface area contributed by atoms with Crippen molar-refractivity contribution in [2.45, 2.75) is 86.3 Å². The molecule has 0 spiro atoms. The fourth-order valence-electron chi connectivity index (χ4n) is 3.62. The third kappa shape index (κ3) is 13.0. The Morgan fingerprint density at radius 3 is 2.19 bits per heavy atom. The van der Waals surface area contributed by atoms with Gasteiger partial charge in [-0.3, -0.25) is 4.79 Å². The number of rotatable bonds is 14. The van der Waals surface area contributed by atoms with E-state index < -0.39 is 17.2 Å². The predicted molar refractivity (Wildman–Crippen MR) is 145 cm³/mol. The molecule has 0 radical (unpaired) electrons. The molecule has 37 heavy (non-hydrogen) atoms. The third-order valence-electron chi connectivity index (χ3n) is 5.81. The predicted octanol–water partition coefficient (Wildman–Crippen LogP) is 5.80. The SMILES string of the molecule is COCCCOc1cc(C[C@@H](C[C@@H](COC(=O)OC(C)(C)C)NC(=O)C(C)(C)C)C(C)C)ccc1OC. The Morgan fingerprint density at radius 2 is 1.65 bits per heavy atom. The molecule has 0 aliphatic rings. The molecule has 0 aliphatic carbocycles. The molecule has 8 heteroatoms. The van der Waals surface area contributed by atoms with Crippen LogP contribution in [0.1, 0.15) is 73.8 Å². The fraction of sp³-hybridized carbons (Fsp3) is 0.724. The van der Waals surface area contributed by atoms with E-state index in [1.807, 2.05) is 39.0 Å². The van der Waals surface area contributed by atoms with E-state index in [1.54, 1.807) is 35.0 Å². The highest BCUT2D eigenvalue weighted by atomic mass is 16.7. The molecule has 0 aromatic heterocycles. The van der Waals surface area contributed by atoms with Gasteiger partial charge in [0.25, 0.3) is 0 Å². The number of benzene rings is 1. The maximum Gasteiger partial charge on any atom is 0.508 e. The highest BCUT2D eigenvalue weighted by molar-refractivity contribution is 5.81. The van der Waals surface area contributed by atoms with E-state index in [0.29, 0.717) is 37.1 Å². The average molecular weight is 524 g/mol. The van der Waals surface area contributed by atoms with Gasteiger partial charge in [0.15, 0.2) is 11.5 Å². The van der Waals surface area contributed by atoms with Crippen molar-refractivity contribution in [2.24, 2.45) is 17.3 Å². The molecule has 0 fully saturated rings. The van der Waals surface area contributed by atoms with Gasteiger partial charge in [-0.1, -0.05) is 40.7 Å². The van der Waals surface area contributed by atoms with Crippen LogP contribution in [0.4, 0.5) is 4.79 Å². The minimum absolute atomic E-state index is 0.0381. The van der Waals surface area contributed by atoms with Crippen LogP contribution >= 0.6 is 0 Å². The molecule has 8 nitrogen and oxygen atoms in total.